The van der Waals surface area contributed by atoms with Crippen molar-refractivity contribution in [2.75, 3.05) is 13.6 Å². The van der Waals surface area contributed by atoms with Crippen molar-refractivity contribution in [1.29, 1.82) is 0 Å². The Labute approximate surface area is 208 Å². The topological polar surface area (TPSA) is 154 Å². The quantitative estimate of drug-likeness (QED) is 0.315. The summed E-state index contributed by atoms with van der Waals surface area (Å²) in [6, 6.07) is 3.62. The molecule has 4 N–H and O–H groups in total. The molecule has 1 fully saturated rings. The molecule has 0 amide bonds. The molecule has 5 atom stereocenters. The number of hydrogen-bond acceptors (Lipinski definition) is 9. The number of alkyl halides is 3. The van der Waals surface area contributed by atoms with Crippen molar-refractivity contribution in [2.45, 2.75) is 67.7 Å². The van der Waals surface area contributed by atoms with E-state index >= 15 is 0 Å². The molecular weight excluding hydrogens is 503 g/mol. The van der Waals surface area contributed by atoms with Crippen LogP contribution in [-0.4, -0.2) is 87.2 Å². The molecule has 0 radical (unpaired) electrons. The molecule has 0 aromatic heterocycles. The van der Waals surface area contributed by atoms with Gasteiger partial charge < -0.3 is 34.8 Å². The molecule has 2 heterocycles. The summed E-state index contributed by atoms with van der Waals surface area (Å²) >= 11 is 0. The minimum absolute atomic E-state index is 0.156. The number of esters is 1. The van der Waals surface area contributed by atoms with Gasteiger partial charge in [-0.3, -0.25) is 9.59 Å². The maximum atomic E-state index is 12.4. The van der Waals surface area contributed by atoms with Crippen molar-refractivity contribution >= 4 is 18.2 Å². The third kappa shape index (κ3) is 4.29. The maximum absolute atomic E-state index is 12.4. The predicted molar refractivity (Wildman–Crippen MR) is 117 cm³/mol. The third-order valence-electron chi connectivity index (χ3n) is 7.62. The fraction of sp³-hybridized carbons (Fsp3) is 0.542. The second-order valence-corrected chi connectivity index (χ2v) is 9.59. The average Bonchev–Trinajstić information content (AvgIpc) is 3.18. The van der Waals surface area contributed by atoms with Gasteiger partial charge in [-0.05, 0) is 38.1 Å². The van der Waals surface area contributed by atoms with Crippen molar-refractivity contribution in [3.8, 4) is 5.75 Å². The first-order chi connectivity index (χ1) is 17.3. The number of aliphatic hydroxyl groups excluding tert-OH is 2. The zero-order valence-electron chi connectivity index (χ0n) is 19.7. The number of aldehydes is 1. The minimum Gasteiger partial charge on any atom is -0.481 e. The number of rotatable bonds is 5. The number of carbonyl (C=O) groups excluding carboxylic acids is 2. The molecule has 0 unspecified atom stereocenters. The number of hydrogen-bond donors (Lipinski definition) is 4. The van der Waals surface area contributed by atoms with Crippen molar-refractivity contribution < 1.29 is 57.5 Å². The molecular formula is C24H26F3NO9. The monoisotopic (exact) mass is 529 g/mol. The Bertz CT molecular complexity index is 1150. The number of likely N-dealkylation sites (tertiary alicyclic amines) is 1. The average molecular weight is 529 g/mol. The molecule has 5 rings (SSSR count). The lowest BCUT2D eigenvalue weighted by Crippen LogP contribution is -2.74. The van der Waals surface area contributed by atoms with E-state index in [-0.39, 0.29) is 24.8 Å². The Balaban J connectivity index is 0.000000480. The molecule has 2 bridgehead atoms. The molecule has 13 heteroatoms. The summed E-state index contributed by atoms with van der Waals surface area (Å²) in [5.41, 5.74) is 0.476. The predicted octanol–water partition coefficient (Wildman–Crippen LogP) is 0.583. The number of nitrogens with zero attached hydrogens (tertiary/aromatic N) is 1. The van der Waals surface area contributed by atoms with Crippen molar-refractivity contribution in [1.82, 2.24) is 4.90 Å². The Morgan fingerprint density at radius 2 is 2.03 bits per heavy atom. The van der Waals surface area contributed by atoms with Crippen LogP contribution in [0.5, 0.6) is 5.75 Å². The van der Waals surface area contributed by atoms with Crippen LogP contribution < -0.4 is 4.74 Å². The van der Waals surface area contributed by atoms with Gasteiger partial charge in [0.1, 0.15) is 11.5 Å². The van der Waals surface area contributed by atoms with Crippen LogP contribution in [0.15, 0.2) is 24.0 Å². The molecule has 0 saturated carbocycles. The Morgan fingerprint density at radius 1 is 1.35 bits per heavy atom. The lowest BCUT2D eigenvalue weighted by molar-refractivity contribution is -0.173. The van der Waals surface area contributed by atoms with Crippen LogP contribution >= 0.6 is 0 Å². The van der Waals surface area contributed by atoms with Gasteiger partial charge in [0.05, 0.1) is 24.0 Å². The summed E-state index contributed by atoms with van der Waals surface area (Å²) in [6.45, 7) is 0.473. The molecule has 1 aromatic rings. The van der Waals surface area contributed by atoms with Crippen LogP contribution in [0.1, 0.15) is 36.0 Å². The number of aliphatic hydroxyl groups is 3. The lowest BCUT2D eigenvalue weighted by atomic mass is 9.50. The highest BCUT2D eigenvalue weighted by Crippen LogP contribution is 2.64. The molecule has 10 nitrogen and oxygen atoms in total. The first-order valence-electron chi connectivity index (χ1n) is 11.5. The van der Waals surface area contributed by atoms with Gasteiger partial charge in [0, 0.05) is 23.6 Å². The van der Waals surface area contributed by atoms with Crippen LogP contribution in [-0.2, 0) is 37.6 Å². The van der Waals surface area contributed by atoms with E-state index in [0.29, 0.717) is 30.7 Å². The number of benzene rings is 1. The number of piperidine rings is 1. The van der Waals surface area contributed by atoms with E-state index in [1.54, 1.807) is 6.08 Å². The number of likely N-dealkylation sites (N-methyl/N-ethyl adjacent to an activating group) is 1. The van der Waals surface area contributed by atoms with Gasteiger partial charge in [-0.15, -0.1) is 0 Å². The number of carboxylic acids is 1. The van der Waals surface area contributed by atoms with Gasteiger partial charge in [0.2, 0.25) is 6.29 Å². The van der Waals surface area contributed by atoms with E-state index in [4.69, 9.17) is 19.4 Å². The highest BCUT2D eigenvalue weighted by molar-refractivity contribution is 5.81. The van der Waals surface area contributed by atoms with Crippen LogP contribution in [0.25, 0.3) is 0 Å². The van der Waals surface area contributed by atoms with Gasteiger partial charge in [-0.1, -0.05) is 12.1 Å². The molecule has 202 valence electrons. The molecule has 1 spiro atoms. The van der Waals surface area contributed by atoms with Crippen molar-refractivity contribution in [2.24, 2.45) is 0 Å². The fourth-order valence-electron chi connectivity index (χ4n) is 6.06. The van der Waals surface area contributed by atoms with E-state index in [9.17, 15) is 38.1 Å². The fourth-order valence-corrected chi connectivity index (χ4v) is 6.06. The minimum atomic E-state index is -4.64. The maximum Gasteiger partial charge on any atom is 0.446 e. The molecule has 1 aromatic carbocycles. The van der Waals surface area contributed by atoms with Gasteiger partial charge in [0.25, 0.3) is 0 Å². The van der Waals surface area contributed by atoms with Gasteiger partial charge in [-0.25, -0.2) is 4.79 Å². The Kier molecular flexibility index (Phi) is 6.86. The van der Waals surface area contributed by atoms with Gasteiger partial charge in [-0.2, -0.15) is 13.2 Å². The normalized spacial score (nSPS) is 30.1. The third-order valence-corrected chi connectivity index (χ3v) is 7.62. The SMILES string of the molecule is CN1CC[C@]23c4c5ccc(CO)c4O[C@H]2C(OC(=O)[C@@H](O)CC(=O)O)=CC[C@@]3(O)[C@H]1C5.O=CC(F)(F)F. The largest absolute Gasteiger partial charge is 0.481 e. The second kappa shape index (κ2) is 9.39. The van der Waals surface area contributed by atoms with E-state index in [1.165, 1.54) is 0 Å². The van der Waals surface area contributed by atoms with Crippen LogP contribution in [0.3, 0.4) is 0 Å². The van der Waals surface area contributed by atoms with Crippen molar-refractivity contribution in [3.63, 3.8) is 0 Å². The zero-order chi connectivity index (χ0) is 27.3. The van der Waals surface area contributed by atoms with E-state index in [2.05, 4.69) is 4.90 Å². The summed E-state index contributed by atoms with van der Waals surface area (Å²) in [6.07, 6.45) is -6.06. The van der Waals surface area contributed by atoms with Crippen molar-refractivity contribution in [3.05, 3.63) is 40.7 Å². The lowest BCUT2D eigenvalue weighted by Gasteiger charge is -2.61. The molecule has 2 aliphatic carbocycles. The molecule has 37 heavy (non-hydrogen) atoms. The number of ether oxygens (including phenoxy) is 2. The highest BCUT2D eigenvalue weighted by Gasteiger charge is 2.71. The first-order valence-corrected chi connectivity index (χ1v) is 11.5. The summed E-state index contributed by atoms with van der Waals surface area (Å²) in [4.78, 5) is 34.0. The highest BCUT2D eigenvalue weighted by atomic mass is 19.4. The smallest absolute Gasteiger partial charge is 0.446 e. The molecule has 1 saturated heterocycles. The number of aliphatic carboxylic acids is 1. The summed E-state index contributed by atoms with van der Waals surface area (Å²) in [5.74, 6) is -1.71. The Morgan fingerprint density at radius 3 is 2.62 bits per heavy atom. The second-order valence-electron chi connectivity index (χ2n) is 9.59. The Hall–Kier alpha value is -3.00. The number of halogens is 3. The van der Waals surface area contributed by atoms with E-state index in [0.717, 1.165) is 11.1 Å². The standard InChI is InChI=1S/C22H25NO8.C2HF3O/c1-23-7-6-21-17-11-2-3-12(10-24)18(17)31-19(21)14(4-5-22(21,29)15(23)8-11)30-20(28)13(25)9-16(26)27;3-2(4,5)1-6/h2-4,13,15,19,24-25,29H,5-10H2,1H3,(H,26,27);1H/t13-,15+,19-,21-,22+;/m0./s1. The summed E-state index contributed by atoms with van der Waals surface area (Å²) in [7, 11) is 1.98. The van der Waals surface area contributed by atoms with Crippen LogP contribution in [0, 0.1) is 0 Å². The summed E-state index contributed by atoms with van der Waals surface area (Å²) in [5, 5.41) is 40.6. The molecule has 2 aliphatic heterocycles. The first kappa shape index (κ1) is 27.0. The van der Waals surface area contributed by atoms with E-state index in [1.807, 2.05) is 19.2 Å². The van der Waals surface area contributed by atoms with Gasteiger partial charge in [0.15, 0.2) is 12.2 Å². The van der Waals surface area contributed by atoms with Crippen LogP contribution in [0.2, 0.25) is 0 Å². The molecule has 4 aliphatic rings. The number of carbonyl (C=O) groups is 3. The van der Waals surface area contributed by atoms with Gasteiger partial charge >= 0.3 is 18.1 Å². The van der Waals surface area contributed by atoms with E-state index < -0.39 is 54.0 Å². The zero-order valence-corrected chi connectivity index (χ0v) is 19.7. The number of carboxylic acid groups (broad SMARTS) is 1. The summed E-state index contributed by atoms with van der Waals surface area (Å²) < 4.78 is 43.0. The van der Waals surface area contributed by atoms with Crippen LogP contribution in [0.4, 0.5) is 13.2 Å².